The number of halogens is 2. The number of benzene rings is 1. The molecule has 0 aliphatic carbocycles. The average Bonchev–Trinajstić information content (AvgIpc) is 2.38. The molecule has 0 saturated carbocycles. The molecule has 2 nitrogen and oxygen atoms in total. The molecule has 1 aromatic rings. The van der Waals surface area contributed by atoms with Crippen molar-refractivity contribution in [2.75, 3.05) is 13.2 Å². The molecule has 0 spiro atoms. The fourth-order valence-corrected chi connectivity index (χ4v) is 2.94. The van der Waals surface area contributed by atoms with Crippen molar-refractivity contribution in [1.82, 2.24) is 5.32 Å². The molecule has 0 aromatic heterocycles. The van der Waals surface area contributed by atoms with E-state index in [1.54, 1.807) is 6.07 Å². The molecule has 0 aliphatic heterocycles. The first-order chi connectivity index (χ1) is 9.49. The van der Waals surface area contributed by atoms with Gasteiger partial charge in [0.25, 0.3) is 0 Å². The fourth-order valence-electron chi connectivity index (χ4n) is 2.46. The molecule has 20 heavy (non-hydrogen) atoms. The molecule has 0 fully saturated rings. The highest BCUT2D eigenvalue weighted by Crippen LogP contribution is 2.24. The Morgan fingerprint density at radius 3 is 2.40 bits per heavy atom. The molecule has 0 radical (unpaired) electrons. The summed E-state index contributed by atoms with van der Waals surface area (Å²) in [5, 5.41) is 4.91. The lowest BCUT2D eigenvalue weighted by molar-refractivity contribution is 0.00396. The van der Waals surface area contributed by atoms with Crippen molar-refractivity contribution in [1.29, 1.82) is 0 Å². The van der Waals surface area contributed by atoms with E-state index in [1.807, 2.05) is 19.1 Å². The third kappa shape index (κ3) is 5.25. The lowest BCUT2D eigenvalue weighted by Gasteiger charge is -2.31. The summed E-state index contributed by atoms with van der Waals surface area (Å²) in [6.07, 6.45) is 1.01. The topological polar surface area (TPSA) is 21.3 Å². The van der Waals surface area contributed by atoms with Gasteiger partial charge in [0.15, 0.2) is 0 Å². The summed E-state index contributed by atoms with van der Waals surface area (Å²) in [7, 11) is 0. The van der Waals surface area contributed by atoms with E-state index in [2.05, 4.69) is 26.1 Å². The number of hydrogen-bond donors (Lipinski definition) is 1. The fraction of sp³-hybridized carbons (Fsp3) is 0.625. The Morgan fingerprint density at radius 1 is 1.20 bits per heavy atom. The first-order valence-electron chi connectivity index (χ1n) is 7.28. The quantitative estimate of drug-likeness (QED) is 0.758. The van der Waals surface area contributed by atoms with Crippen LogP contribution in [0.3, 0.4) is 0 Å². The van der Waals surface area contributed by atoms with Gasteiger partial charge < -0.3 is 10.1 Å². The molecule has 1 N–H and O–H groups in total. The summed E-state index contributed by atoms with van der Waals surface area (Å²) >= 11 is 12.2. The van der Waals surface area contributed by atoms with Gasteiger partial charge >= 0.3 is 0 Å². The van der Waals surface area contributed by atoms with Gasteiger partial charge in [-0.2, -0.15) is 0 Å². The molecule has 0 amide bonds. The third-order valence-electron chi connectivity index (χ3n) is 3.33. The van der Waals surface area contributed by atoms with E-state index >= 15 is 0 Å². The minimum Gasteiger partial charge on any atom is -0.377 e. The van der Waals surface area contributed by atoms with E-state index in [9.17, 15) is 0 Å². The molecular formula is C16H25Cl2NO. The zero-order chi connectivity index (χ0) is 15.1. The van der Waals surface area contributed by atoms with Gasteiger partial charge in [0.2, 0.25) is 0 Å². The smallest absolute Gasteiger partial charge is 0.0753 e. The van der Waals surface area contributed by atoms with E-state index in [4.69, 9.17) is 27.9 Å². The summed E-state index contributed by atoms with van der Waals surface area (Å²) in [5.41, 5.74) is 1.10. The zero-order valence-electron chi connectivity index (χ0n) is 12.7. The number of likely N-dealkylation sites (N-methyl/N-ethyl adjacent to an activating group) is 1. The van der Waals surface area contributed by atoms with Crippen LogP contribution in [0.5, 0.6) is 0 Å². The molecule has 0 bridgehead atoms. The van der Waals surface area contributed by atoms with Crippen molar-refractivity contribution in [2.45, 2.75) is 46.3 Å². The van der Waals surface area contributed by atoms with Crippen molar-refractivity contribution >= 4 is 23.2 Å². The minimum absolute atomic E-state index is 0.173. The molecule has 0 saturated heterocycles. The van der Waals surface area contributed by atoms with Crippen molar-refractivity contribution in [3.63, 3.8) is 0 Å². The summed E-state index contributed by atoms with van der Waals surface area (Å²) in [4.78, 5) is 0. The van der Waals surface area contributed by atoms with E-state index in [1.165, 1.54) is 0 Å². The summed E-state index contributed by atoms with van der Waals surface area (Å²) in [5.74, 6) is 0.449. The van der Waals surface area contributed by atoms with Gasteiger partial charge in [0, 0.05) is 22.7 Å². The highest BCUT2D eigenvalue weighted by Gasteiger charge is 2.25. The second-order valence-electron chi connectivity index (χ2n) is 5.27. The molecule has 1 rings (SSSR count). The van der Waals surface area contributed by atoms with Gasteiger partial charge in [-0.05, 0) is 43.5 Å². The Morgan fingerprint density at radius 2 is 1.90 bits per heavy atom. The normalized spacial score (nSPS) is 14.6. The lowest BCUT2D eigenvalue weighted by Crippen LogP contribution is -2.45. The molecule has 0 heterocycles. The van der Waals surface area contributed by atoms with Crippen LogP contribution < -0.4 is 5.32 Å². The molecule has 1 aromatic carbocycles. The maximum Gasteiger partial charge on any atom is 0.0753 e. The van der Waals surface area contributed by atoms with Gasteiger partial charge in [-0.3, -0.25) is 0 Å². The molecule has 114 valence electrons. The van der Waals surface area contributed by atoms with Gasteiger partial charge in [-0.25, -0.2) is 0 Å². The molecule has 2 atom stereocenters. The van der Waals surface area contributed by atoms with Crippen molar-refractivity contribution < 1.29 is 4.74 Å². The Balaban J connectivity index is 2.89. The van der Waals surface area contributed by atoms with E-state index in [-0.39, 0.29) is 12.1 Å². The monoisotopic (exact) mass is 317 g/mol. The highest BCUT2D eigenvalue weighted by molar-refractivity contribution is 6.35. The van der Waals surface area contributed by atoms with Crippen LogP contribution >= 0.6 is 23.2 Å². The van der Waals surface area contributed by atoms with Crippen LogP contribution in [-0.4, -0.2) is 25.3 Å². The largest absolute Gasteiger partial charge is 0.377 e. The van der Waals surface area contributed by atoms with Gasteiger partial charge in [-0.1, -0.05) is 50.0 Å². The summed E-state index contributed by atoms with van der Waals surface area (Å²) in [6.45, 7) is 10.2. The van der Waals surface area contributed by atoms with Crippen molar-refractivity contribution in [3.05, 3.63) is 33.8 Å². The van der Waals surface area contributed by atoms with Crippen LogP contribution in [0.25, 0.3) is 0 Å². The minimum atomic E-state index is 0.173. The van der Waals surface area contributed by atoms with Gasteiger partial charge in [0.05, 0.1) is 6.10 Å². The van der Waals surface area contributed by atoms with E-state index in [0.717, 1.165) is 30.2 Å². The van der Waals surface area contributed by atoms with Crippen LogP contribution in [0.4, 0.5) is 0 Å². The third-order valence-corrected chi connectivity index (χ3v) is 3.92. The Hall–Kier alpha value is -0.280. The zero-order valence-corrected chi connectivity index (χ0v) is 14.3. The predicted molar refractivity (Wildman–Crippen MR) is 87.9 cm³/mol. The SMILES string of the molecule is CCNC(Cc1ccc(Cl)cc1Cl)C(OCC)C(C)C. The summed E-state index contributed by atoms with van der Waals surface area (Å²) < 4.78 is 5.92. The average molecular weight is 318 g/mol. The van der Waals surface area contributed by atoms with E-state index < -0.39 is 0 Å². The van der Waals surface area contributed by atoms with Crippen LogP contribution in [0, 0.1) is 5.92 Å². The number of rotatable bonds is 8. The molecule has 0 aliphatic rings. The van der Waals surface area contributed by atoms with Gasteiger partial charge in [-0.15, -0.1) is 0 Å². The van der Waals surface area contributed by atoms with Crippen LogP contribution in [0.15, 0.2) is 18.2 Å². The number of ether oxygens (including phenoxy) is 1. The Bertz CT molecular complexity index is 409. The Labute approximate surface area is 132 Å². The highest BCUT2D eigenvalue weighted by atomic mass is 35.5. The number of hydrogen-bond acceptors (Lipinski definition) is 2. The Kier molecular flexibility index (Phi) is 7.90. The maximum absolute atomic E-state index is 6.28. The number of nitrogens with one attached hydrogen (secondary N) is 1. The van der Waals surface area contributed by atoms with Crippen LogP contribution in [-0.2, 0) is 11.2 Å². The first kappa shape index (κ1) is 17.8. The molecule has 4 heteroatoms. The van der Waals surface area contributed by atoms with Crippen molar-refractivity contribution in [3.8, 4) is 0 Å². The molecule has 2 unspecified atom stereocenters. The maximum atomic E-state index is 6.28. The first-order valence-corrected chi connectivity index (χ1v) is 8.04. The van der Waals surface area contributed by atoms with E-state index in [0.29, 0.717) is 10.9 Å². The summed E-state index contributed by atoms with van der Waals surface area (Å²) in [6, 6.07) is 5.93. The second-order valence-corrected chi connectivity index (χ2v) is 6.11. The van der Waals surface area contributed by atoms with Crippen LogP contribution in [0.1, 0.15) is 33.3 Å². The lowest BCUT2D eigenvalue weighted by atomic mass is 9.93. The predicted octanol–water partition coefficient (Wildman–Crippen LogP) is 4.58. The molecular weight excluding hydrogens is 293 g/mol. The van der Waals surface area contributed by atoms with Gasteiger partial charge in [0.1, 0.15) is 0 Å². The standard InChI is InChI=1S/C16H25Cl2NO/c1-5-19-15(16(11(3)4)20-6-2)9-12-7-8-13(17)10-14(12)18/h7-8,10-11,15-16,19H,5-6,9H2,1-4H3. The van der Waals surface area contributed by atoms with Crippen LogP contribution in [0.2, 0.25) is 10.0 Å². The second kappa shape index (κ2) is 8.89. The van der Waals surface area contributed by atoms with Crippen molar-refractivity contribution in [2.24, 2.45) is 5.92 Å².